The van der Waals surface area contributed by atoms with Gasteiger partial charge >= 0.3 is 0 Å². The minimum atomic E-state index is -0.248. The van der Waals surface area contributed by atoms with E-state index in [-0.39, 0.29) is 23.2 Å². The topological polar surface area (TPSA) is 95.5 Å². The van der Waals surface area contributed by atoms with Gasteiger partial charge in [0.15, 0.2) is 0 Å². The highest BCUT2D eigenvalue weighted by atomic mass is 16.5. The Morgan fingerprint density at radius 1 is 1.19 bits per heavy atom. The fourth-order valence-corrected chi connectivity index (χ4v) is 3.43. The zero-order chi connectivity index (χ0) is 17.7. The number of ether oxygens (including phenoxy) is 2. The van der Waals surface area contributed by atoms with Gasteiger partial charge in [-0.05, 0) is 24.3 Å². The van der Waals surface area contributed by atoms with Gasteiger partial charge in [-0.1, -0.05) is 0 Å². The Bertz CT molecular complexity index is 1010. The summed E-state index contributed by atoms with van der Waals surface area (Å²) in [4.78, 5) is 22.6. The van der Waals surface area contributed by atoms with Gasteiger partial charge in [0.2, 0.25) is 5.88 Å². The van der Waals surface area contributed by atoms with Gasteiger partial charge in [-0.25, -0.2) is 9.97 Å². The number of hydrogen-bond acceptors (Lipinski definition) is 6. The van der Waals surface area contributed by atoms with Crippen molar-refractivity contribution >= 4 is 28.3 Å². The Labute approximate surface area is 149 Å². The molecule has 1 amide bonds. The van der Waals surface area contributed by atoms with Crippen LogP contribution < -0.4 is 15.4 Å². The fourth-order valence-electron chi connectivity index (χ4n) is 3.43. The van der Waals surface area contributed by atoms with Crippen LogP contribution in [0.4, 0.5) is 11.5 Å². The second-order valence-corrected chi connectivity index (χ2v) is 6.40. The van der Waals surface area contributed by atoms with Gasteiger partial charge in [0, 0.05) is 22.8 Å². The second-order valence-electron chi connectivity index (χ2n) is 6.40. The molecule has 1 aromatic carbocycles. The number of benzene rings is 1. The molecule has 4 heterocycles. The number of aromatic nitrogens is 3. The van der Waals surface area contributed by atoms with Crippen molar-refractivity contribution in [3.05, 3.63) is 42.4 Å². The minimum absolute atomic E-state index is 0.129. The van der Waals surface area contributed by atoms with Gasteiger partial charge in [0.1, 0.15) is 24.3 Å². The van der Waals surface area contributed by atoms with Gasteiger partial charge in [-0.2, -0.15) is 0 Å². The zero-order valence-corrected chi connectivity index (χ0v) is 14.0. The third-order valence-electron chi connectivity index (χ3n) is 4.88. The second kappa shape index (κ2) is 5.70. The molecule has 3 aromatic rings. The molecule has 0 atom stereocenters. The third-order valence-corrected chi connectivity index (χ3v) is 4.88. The molecule has 1 fully saturated rings. The molecule has 0 aliphatic carbocycles. The average Bonchev–Trinajstić information content (AvgIpc) is 2.91. The number of nitrogens with zero attached hydrogens (tertiary/aromatic N) is 4. The van der Waals surface area contributed by atoms with E-state index in [2.05, 4.69) is 26.8 Å². The largest absolute Gasteiger partial charge is 0.475 e. The lowest BCUT2D eigenvalue weighted by Gasteiger charge is -2.28. The molecular weight excluding hydrogens is 334 g/mol. The summed E-state index contributed by atoms with van der Waals surface area (Å²) in [5.41, 5.74) is 8.04. The Morgan fingerprint density at radius 2 is 2.08 bits per heavy atom. The first-order valence-electron chi connectivity index (χ1n) is 8.46. The Balaban J connectivity index is 1.54. The number of anilines is 2. The van der Waals surface area contributed by atoms with E-state index in [0.717, 1.165) is 29.8 Å². The molecule has 132 valence electrons. The predicted octanol–water partition coefficient (Wildman–Crippen LogP) is 1.62. The predicted molar refractivity (Wildman–Crippen MR) is 95.4 cm³/mol. The first kappa shape index (κ1) is 15.2. The summed E-state index contributed by atoms with van der Waals surface area (Å²) in [7, 11) is 0. The van der Waals surface area contributed by atoms with Crippen molar-refractivity contribution in [3.63, 3.8) is 0 Å². The number of nitrogens with two attached hydrogens (primary N) is 1. The first-order valence-corrected chi connectivity index (χ1v) is 8.46. The molecule has 2 N–H and O–H groups in total. The minimum Gasteiger partial charge on any atom is -0.475 e. The SMILES string of the molecule is Nc1ncnc2c1C(=O)N(c1ccc3c(ccn3C3COC3)c1)CCO2. The lowest BCUT2D eigenvalue weighted by Crippen LogP contribution is -2.32. The van der Waals surface area contributed by atoms with Crippen LogP contribution in [0.25, 0.3) is 10.9 Å². The monoisotopic (exact) mass is 351 g/mol. The highest BCUT2D eigenvalue weighted by molar-refractivity contribution is 6.11. The highest BCUT2D eigenvalue weighted by Gasteiger charge is 2.29. The van der Waals surface area contributed by atoms with E-state index in [4.69, 9.17) is 15.2 Å². The molecule has 5 rings (SSSR count). The molecule has 2 aromatic heterocycles. The normalized spacial score (nSPS) is 17.5. The molecule has 1 saturated heterocycles. The molecule has 8 nitrogen and oxygen atoms in total. The summed E-state index contributed by atoms with van der Waals surface area (Å²) in [5.74, 6) is 0.119. The summed E-state index contributed by atoms with van der Waals surface area (Å²) in [6, 6.07) is 8.43. The quantitative estimate of drug-likeness (QED) is 0.754. The summed E-state index contributed by atoms with van der Waals surface area (Å²) >= 11 is 0. The summed E-state index contributed by atoms with van der Waals surface area (Å²) in [5, 5.41) is 1.07. The van der Waals surface area contributed by atoms with Crippen LogP contribution in [-0.4, -0.2) is 46.8 Å². The Morgan fingerprint density at radius 3 is 2.88 bits per heavy atom. The molecule has 26 heavy (non-hydrogen) atoms. The average molecular weight is 351 g/mol. The maximum atomic E-state index is 13.0. The van der Waals surface area contributed by atoms with Crippen molar-refractivity contribution in [1.29, 1.82) is 0 Å². The van der Waals surface area contributed by atoms with Crippen molar-refractivity contribution in [2.24, 2.45) is 0 Å². The lowest BCUT2D eigenvalue weighted by atomic mass is 10.1. The van der Waals surface area contributed by atoms with Crippen molar-refractivity contribution in [2.45, 2.75) is 6.04 Å². The standard InChI is InChI=1S/C18H17N5O3/c19-16-15-17(21-10-20-16)26-6-5-23(18(15)24)12-1-2-14-11(7-12)3-4-22(14)13-8-25-9-13/h1-4,7,10,13H,5-6,8-9H2,(H2,19,20,21). The first-order chi connectivity index (χ1) is 12.7. The molecule has 0 spiro atoms. The van der Waals surface area contributed by atoms with Crippen LogP contribution in [0.1, 0.15) is 16.4 Å². The van der Waals surface area contributed by atoms with Crippen LogP contribution in [-0.2, 0) is 4.74 Å². The van der Waals surface area contributed by atoms with E-state index < -0.39 is 0 Å². The zero-order valence-electron chi connectivity index (χ0n) is 14.0. The molecule has 2 aliphatic rings. The van der Waals surface area contributed by atoms with E-state index in [1.165, 1.54) is 6.33 Å². The summed E-state index contributed by atoms with van der Waals surface area (Å²) < 4.78 is 13.1. The van der Waals surface area contributed by atoms with E-state index >= 15 is 0 Å². The van der Waals surface area contributed by atoms with Gasteiger partial charge < -0.3 is 24.7 Å². The van der Waals surface area contributed by atoms with E-state index in [0.29, 0.717) is 19.2 Å². The number of amides is 1. The van der Waals surface area contributed by atoms with Crippen molar-refractivity contribution in [3.8, 4) is 5.88 Å². The van der Waals surface area contributed by atoms with Gasteiger partial charge in [-0.3, -0.25) is 4.79 Å². The van der Waals surface area contributed by atoms with Crippen LogP contribution in [0, 0.1) is 0 Å². The van der Waals surface area contributed by atoms with Crippen LogP contribution >= 0.6 is 0 Å². The molecular formula is C18H17N5O3. The number of hydrogen-bond donors (Lipinski definition) is 1. The molecule has 0 bridgehead atoms. The summed E-state index contributed by atoms with van der Waals surface area (Å²) in [6.45, 7) is 2.23. The molecule has 8 heteroatoms. The highest BCUT2D eigenvalue weighted by Crippen LogP contribution is 2.31. The van der Waals surface area contributed by atoms with E-state index in [9.17, 15) is 4.79 Å². The number of rotatable bonds is 2. The van der Waals surface area contributed by atoms with Crippen molar-refractivity contribution < 1.29 is 14.3 Å². The van der Waals surface area contributed by atoms with E-state index in [1.807, 2.05) is 18.2 Å². The lowest BCUT2D eigenvalue weighted by molar-refractivity contribution is -0.0213. The van der Waals surface area contributed by atoms with Gasteiger partial charge in [0.25, 0.3) is 5.91 Å². The van der Waals surface area contributed by atoms with Crippen LogP contribution in [0.3, 0.4) is 0 Å². The number of carbonyl (C=O) groups excluding carboxylic acids is 1. The van der Waals surface area contributed by atoms with Crippen molar-refractivity contribution in [1.82, 2.24) is 14.5 Å². The smallest absolute Gasteiger partial charge is 0.267 e. The molecule has 2 aliphatic heterocycles. The van der Waals surface area contributed by atoms with Gasteiger partial charge in [0.05, 0.1) is 25.8 Å². The molecule has 0 unspecified atom stereocenters. The maximum absolute atomic E-state index is 13.0. The fraction of sp³-hybridized carbons (Fsp3) is 0.278. The van der Waals surface area contributed by atoms with Crippen LogP contribution in [0.5, 0.6) is 5.88 Å². The molecule has 0 saturated carbocycles. The van der Waals surface area contributed by atoms with E-state index in [1.54, 1.807) is 4.90 Å². The number of carbonyl (C=O) groups is 1. The molecule has 0 radical (unpaired) electrons. The third kappa shape index (κ3) is 2.22. The number of nitrogen functional groups attached to an aromatic ring is 1. The number of fused-ring (bicyclic) bond motifs is 2. The maximum Gasteiger partial charge on any atom is 0.267 e. The summed E-state index contributed by atoms with van der Waals surface area (Å²) in [6.07, 6.45) is 3.37. The van der Waals surface area contributed by atoms with Crippen molar-refractivity contribution in [2.75, 3.05) is 37.0 Å². The van der Waals surface area contributed by atoms with Crippen LogP contribution in [0.2, 0.25) is 0 Å². The van der Waals surface area contributed by atoms with Crippen LogP contribution in [0.15, 0.2) is 36.8 Å². The Hall–Kier alpha value is -3.13. The van der Waals surface area contributed by atoms with Gasteiger partial charge in [-0.15, -0.1) is 0 Å². The Kier molecular flexibility index (Phi) is 3.32.